The molecule has 0 aliphatic carbocycles. The van der Waals surface area contributed by atoms with Gasteiger partial charge >= 0.3 is 6.09 Å². The van der Waals surface area contributed by atoms with Crippen molar-refractivity contribution in [3.05, 3.63) is 47.7 Å². The number of fused-ring (bicyclic) bond motifs is 1. The van der Waals surface area contributed by atoms with E-state index in [9.17, 15) is 10.1 Å². The summed E-state index contributed by atoms with van der Waals surface area (Å²) < 4.78 is 6.30. The van der Waals surface area contributed by atoms with E-state index in [1.807, 2.05) is 43.3 Å². The predicted molar refractivity (Wildman–Crippen MR) is 94.0 cm³/mol. The number of para-hydroxylation sites is 1. The molecule has 0 fully saturated rings. The summed E-state index contributed by atoms with van der Waals surface area (Å²) in [4.78, 5) is 16.4. The molecular formula is C17H14ClN5O2. The van der Waals surface area contributed by atoms with Crippen LogP contribution in [0.25, 0.3) is 16.7 Å². The number of anilines is 1. The Morgan fingerprint density at radius 3 is 3.00 bits per heavy atom. The number of alkyl halides is 1. The lowest BCUT2D eigenvalue weighted by atomic mass is 10.1. The van der Waals surface area contributed by atoms with Crippen LogP contribution in [0.15, 0.2) is 36.5 Å². The van der Waals surface area contributed by atoms with Gasteiger partial charge in [0.25, 0.3) is 0 Å². The van der Waals surface area contributed by atoms with Crippen LogP contribution >= 0.6 is 11.6 Å². The van der Waals surface area contributed by atoms with Crippen LogP contribution in [0.5, 0.6) is 0 Å². The minimum atomic E-state index is -0.712. The van der Waals surface area contributed by atoms with Crippen molar-refractivity contribution in [1.82, 2.24) is 14.8 Å². The number of nitrogens with zero attached hydrogens (tertiary/aromatic N) is 4. The van der Waals surface area contributed by atoms with Crippen LogP contribution in [0.2, 0.25) is 0 Å². The summed E-state index contributed by atoms with van der Waals surface area (Å²) in [5.74, 6) is 0.873. The molecule has 1 aromatic carbocycles. The van der Waals surface area contributed by atoms with Gasteiger partial charge < -0.3 is 4.74 Å². The number of aryl methyl sites for hydroxylation is 1. The predicted octanol–water partition coefficient (Wildman–Crippen LogP) is 3.39. The average molecular weight is 356 g/mol. The molecule has 0 bridgehead atoms. The first-order chi connectivity index (χ1) is 12.1. The number of rotatable bonds is 4. The van der Waals surface area contributed by atoms with Crippen molar-refractivity contribution in [2.24, 2.45) is 0 Å². The molecule has 3 aromatic rings. The van der Waals surface area contributed by atoms with E-state index in [0.717, 1.165) is 16.5 Å². The molecule has 0 aliphatic heterocycles. The molecule has 2 aromatic heterocycles. The van der Waals surface area contributed by atoms with Crippen molar-refractivity contribution in [1.29, 1.82) is 5.26 Å². The second-order valence-corrected chi connectivity index (χ2v) is 5.57. The highest BCUT2D eigenvalue weighted by Crippen LogP contribution is 2.23. The molecule has 0 aliphatic rings. The Balaban J connectivity index is 2.04. The van der Waals surface area contributed by atoms with Crippen LogP contribution in [-0.2, 0) is 4.74 Å². The molecule has 0 saturated heterocycles. The van der Waals surface area contributed by atoms with Crippen LogP contribution in [0.4, 0.5) is 10.6 Å². The number of carbonyl (C=O) groups is 1. The van der Waals surface area contributed by atoms with E-state index in [1.165, 1.54) is 10.9 Å². The standard InChI is InChI=1S/C17H14ClN5O2/c1-11-8-15(21-14-5-3-2-4-13(11)14)23-16(12(9-19)10-20-23)22-17(24)25-7-6-18/h2-5,8,10H,6-7H2,1H3,(H,22,24). The number of hydrogen-bond donors (Lipinski definition) is 1. The van der Waals surface area contributed by atoms with Crippen molar-refractivity contribution in [2.45, 2.75) is 6.92 Å². The van der Waals surface area contributed by atoms with E-state index in [0.29, 0.717) is 5.82 Å². The van der Waals surface area contributed by atoms with Gasteiger partial charge in [-0.1, -0.05) is 18.2 Å². The molecule has 2 heterocycles. The van der Waals surface area contributed by atoms with Crippen LogP contribution in [0, 0.1) is 18.3 Å². The van der Waals surface area contributed by atoms with Gasteiger partial charge in [0.2, 0.25) is 0 Å². The molecular weight excluding hydrogens is 342 g/mol. The number of benzene rings is 1. The molecule has 25 heavy (non-hydrogen) atoms. The lowest BCUT2D eigenvalue weighted by Crippen LogP contribution is -2.18. The Kier molecular flexibility index (Phi) is 4.82. The smallest absolute Gasteiger partial charge is 0.412 e. The second-order valence-electron chi connectivity index (χ2n) is 5.19. The Morgan fingerprint density at radius 1 is 1.44 bits per heavy atom. The van der Waals surface area contributed by atoms with E-state index in [2.05, 4.69) is 15.4 Å². The van der Waals surface area contributed by atoms with Gasteiger partial charge in [-0.3, -0.25) is 5.32 Å². The Hall–Kier alpha value is -3.11. The summed E-state index contributed by atoms with van der Waals surface area (Å²) in [6, 6.07) is 11.5. The quantitative estimate of drug-likeness (QED) is 0.724. The van der Waals surface area contributed by atoms with Crippen molar-refractivity contribution >= 4 is 34.4 Å². The first-order valence-corrected chi connectivity index (χ1v) is 8.02. The molecule has 0 atom stereocenters. The van der Waals surface area contributed by atoms with Gasteiger partial charge in [0.05, 0.1) is 17.6 Å². The molecule has 0 saturated carbocycles. The maximum absolute atomic E-state index is 11.8. The van der Waals surface area contributed by atoms with Gasteiger partial charge in [0.15, 0.2) is 11.6 Å². The Labute approximate surface area is 148 Å². The summed E-state index contributed by atoms with van der Waals surface area (Å²) in [5, 5.41) is 17.0. The second kappa shape index (κ2) is 7.20. The zero-order valence-electron chi connectivity index (χ0n) is 13.4. The molecule has 126 valence electrons. The SMILES string of the molecule is Cc1cc(-n2ncc(C#N)c2NC(=O)OCCCl)nc2ccccc12. The van der Waals surface area contributed by atoms with Gasteiger partial charge in [-0.15, -0.1) is 11.6 Å². The van der Waals surface area contributed by atoms with E-state index < -0.39 is 6.09 Å². The summed E-state index contributed by atoms with van der Waals surface area (Å²) in [7, 11) is 0. The third-order valence-electron chi connectivity index (χ3n) is 3.55. The number of nitrogens with one attached hydrogen (secondary N) is 1. The fourth-order valence-corrected chi connectivity index (χ4v) is 2.51. The van der Waals surface area contributed by atoms with Gasteiger partial charge in [-0.25, -0.2) is 9.78 Å². The average Bonchev–Trinajstić information content (AvgIpc) is 3.02. The third kappa shape index (κ3) is 3.39. The highest BCUT2D eigenvalue weighted by atomic mass is 35.5. The van der Waals surface area contributed by atoms with E-state index in [-0.39, 0.29) is 23.9 Å². The molecule has 0 unspecified atom stereocenters. The highest BCUT2D eigenvalue weighted by Gasteiger charge is 2.17. The van der Waals surface area contributed by atoms with Crippen LogP contribution < -0.4 is 5.32 Å². The zero-order chi connectivity index (χ0) is 17.8. The highest BCUT2D eigenvalue weighted by molar-refractivity contribution is 6.18. The van der Waals surface area contributed by atoms with Crippen molar-refractivity contribution in [2.75, 3.05) is 17.8 Å². The molecule has 1 amide bonds. The van der Waals surface area contributed by atoms with Crippen molar-refractivity contribution < 1.29 is 9.53 Å². The first kappa shape index (κ1) is 16.7. The normalized spacial score (nSPS) is 10.4. The first-order valence-electron chi connectivity index (χ1n) is 7.48. The monoisotopic (exact) mass is 355 g/mol. The molecule has 0 radical (unpaired) electrons. The van der Waals surface area contributed by atoms with E-state index >= 15 is 0 Å². The fourth-order valence-electron chi connectivity index (χ4n) is 2.43. The topological polar surface area (TPSA) is 92.8 Å². The van der Waals surface area contributed by atoms with Gasteiger partial charge in [-0.2, -0.15) is 15.0 Å². The number of nitriles is 1. The number of pyridine rings is 1. The van der Waals surface area contributed by atoms with Crippen LogP contribution in [0.3, 0.4) is 0 Å². The number of carbonyl (C=O) groups excluding carboxylic acids is 1. The summed E-state index contributed by atoms with van der Waals surface area (Å²) in [5.41, 5.74) is 2.00. The Bertz CT molecular complexity index is 977. The van der Waals surface area contributed by atoms with Gasteiger partial charge in [0.1, 0.15) is 18.2 Å². The molecule has 7 nitrogen and oxygen atoms in total. The van der Waals surface area contributed by atoms with E-state index in [4.69, 9.17) is 16.3 Å². The Morgan fingerprint density at radius 2 is 2.24 bits per heavy atom. The molecule has 0 spiro atoms. The number of halogens is 1. The summed E-state index contributed by atoms with van der Waals surface area (Å²) >= 11 is 5.50. The maximum atomic E-state index is 11.8. The van der Waals surface area contributed by atoms with Crippen molar-refractivity contribution in [3.8, 4) is 11.9 Å². The minimum Gasteiger partial charge on any atom is -0.448 e. The molecule has 1 N–H and O–H groups in total. The third-order valence-corrected chi connectivity index (χ3v) is 3.70. The van der Waals surface area contributed by atoms with Gasteiger partial charge in [-0.05, 0) is 24.6 Å². The number of ether oxygens (including phenoxy) is 1. The lowest BCUT2D eigenvalue weighted by molar-refractivity contribution is 0.168. The van der Waals surface area contributed by atoms with Gasteiger partial charge in [0, 0.05) is 5.39 Å². The molecule has 3 rings (SSSR count). The number of hydrogen-bond acceptors (Lipinski definition) is 5. The summed E-state index contributed by atoms with van der Waals surface area (Å²) in [6.45, 7) is 2.03. The summed E-state index contributed by atoms with van der Waals surface area (Å²) in [6.07, 6.45) is 0.653. The minimum absolute atomic E-state index is 0.0662. The fraction of sp³-hybridized carbons (Fsp3) is 0.176. The largest absolute Gasteiger partial charge is 0.448 e. The maximum Gasteiger partial charge on any atom is 0.412 e. The zero-order valence-corrected chi connectivity index (χ0v) is 14.1. The molecule has 8 heteroatoms. The number of aromatic nitrogens is 3. The van der Waals surface area contributed by atoms with E-state index in [1.54, 1.807) is 0 Å². The van der Waals surface area contributed by atoms with Crippen LogP contribution in [-0.4, -0.2) is 33.3 Å². The van der Waals surface area contributed by atoms with Crippen LogP contribution in [0.1, 0.15) is 11.1 Å². The lowest BCUT2D eigenvalue weighted by Gasteiger charge is -2.11. The number of amides is 1. The van der Waals surface area contributed by atoms with Crippen molar-refractivity contribution in [3.63, 3.8) is 0 Å².